The Balaban J connectivity index is 2.64. The number of esters is 1. The van der Waals surface area contributed by atoms with Crippen molar-refractivity contribution >= 4 is 29.2 Å². The molecule has 0 aromatic carbocycles. The summed E-state index contributed by atoms with van der Waals surface area (Å²) < 4.78 is 4.42. The van der Waals surface area contributed by atoms with Gasteiger partial charge in [-0.3, -0.25) is 9.59 Å². The number of hydrogen-bond acceptors (Lipinski definition) is 6. The van der Waals surface area contributed by atoms with Gasteiger partial charge in [-0.2, -0.15) is 0 Å². The average Bonchev–Trinajstić information content (AvgIpc) is 2.79. The molecule has 0 saturated carbocycles. The van der Waals surface area contributed by atoms with Crippen molar-refractivity contribution in [1.82, 2.24) is 10.3 Å². The lowest BCUT2D eigenvalue weighted by Gasteiger charge is -2.13. The zero-order valence-corrected chi connectivity index (χ0v) is 11.3. The number of amides is 1. The third-order valence-corrected chi connectivity index (χ3v) is 3.35. The van der Waals surface area contributed by atoms with Gasteiger partial charge in [-0.05, 0) is 13.3 Å². The molecule has 1 atom stereocenters. The Morgan fingerprint density at radius 1 is 1.53 bits per heavy atom. The molecule has 1 amide bonds. The molecule has 0 fully saturated rings. The van der Waals surface area contributed by atoms with Crippen LogP contribution in [0.25, 0.3) is 0 Å². The highest BCUT2D eigenvalue weighted by Gasteiger charge is 2.23. The first kappa shape index (κ1) is 15.1. The number of carbonyl (C=O) groups is 3. The van der Waals surface area contributed by atoms with Gasteiger partial charge in [0.2, 0.25) is 0 Å². The highest BCUT2D eigenvalue weighted by Crippen LogP contribution is 2.12. The van der Waals surface area contributed by atoms with Crippen LogP contribution in [0.3, 0.4) is 0 Å². The van der Waals surface area contributed by atoms with Gasteiger partial charge in [0.15, 0.2) is 0 Å². The highest BCUT2D eigenvalue weighted by atomic mass is 32.1. The molecule has 0 unspecified atom stereocenters. The van der Waals surface area contributed by atoms with Gasteiger partial charge in [0.25, 0.3) is 5.91 Å². The van der Waals surface area contributed by atoms with Crippen molar-refractivity contribution in [1.29, 1.82) is 0 Å². The molecular formula is C11H14N2O5S. The second-order valence-corrected chi connectivity index (χ2v) is 4.60. The van der Waals surface area contributed by atoms with Crippen molar-refractivity contribution in [3.8, 4) is 0 Å². The van der Waals surface area contributed by atoms with Gasteiger partial charge in [0.1, 0.15) is 10.9 Å². The van der Waals surface area contributed by atoms with Crippen molar-refractivity contribution < 1.29 is 24.2 Å². The molecule has 1 rings (SSSR count). The zero-order valence-electron chi connectivity index (χ0n) is 10.5. The molecule has 0 aliphatic carbocycles. The number of carboxylic acid groups (broad SMARTS) is 1. The first-order valence-corrected chi connectivity index (χ1v) is 6.34. The van der Waals surface area contributed by atoms with Crippen LogP contribution in [0.2, 0.25) is 0 Å². The summed E-state index contributed by atoms with van der Waals surface area (Å²) in [6.07, 6.45) is -0.0962. The van der Waals surface area contributed by atoms with E-state index in [4.69, 9.17) is 5.11 Å². The van der Waals surface area contributed by atoms with E-state index in [1.165, 1.54) is 12.6 Å². The summed E-state index contributed by atoms with van der Waals surface area (Å²) in [5, 5.41) is 11.4. The van der Waals surface area contributed by atoms with Crippen LogP contribution in [0, 0.1) is 6.92 Å². The molecule has 0 aliphatic heterocycles. The minimum atomic E-state index is -1.19. The Labute approximate surface area is 113 Å². The van der Waals surface area contributed by atoms with E-state index < -0.39 is 23.9 Å². The number of nitrogens with zero attached hydrogens (tertiary/aromatic N) is 1. The minimum Gasteiger partial charge on any atom is -0.480 e. The number of methoxy groups -OCH3 is 1. The van der Waals surface area contributed by atoms with Crippen LogP contribution in [0.4, 0.5) is 0 Å². The molecule has 19 heavy (non-hydrogen) atoms. The Bertz CT molecular complexity index is 485. The molecule has 104 valence electrons. The number of rotatable bonds is 6. The van der Waals surface area contributed by atoms with E-state index in [0.717, 1.165) is 11.3 Å². The highest BCUT2D eigenvalue weighted by molar-refractivity contribution is 7.11. The third-order valence-electron chi connectivity index (χ3n) is 2.42. The fourth-order valence-corrected chi connectivity index (χ4v) is 2.07. The second kappa shape index (κ2) is 6.83. The molecule has 0 saturated heterocycles. The maximum Gasteiger partial charge on any atom is 0.326 e. The summed E-state index contributed by atoms with van der Waals surface area (Å²) >= 11 is 1.13. The lowest BCUT2D eigenvalue weighted by Crippen LogP contribution is -2.41. The minimum absolute atomic E-state index is 0.0222. The standard InChI is InChI=1S/C11H14N2O5S/c1-6-9(19-5-12-6)10(15)13-7(11(16)17)3-4-8(14)18-2/h5,7H,3-4H2,1-2H3,(H,13,15)(H,16,17)/t7-/m1/s1. The molecule has 0 spiro atoms. The molecule has 2 N–H and O–H groups in total. The third kappa shape index (κ3) is 4.32. The summed E-state index contributed by atoms with van der Waals surface area (Å²) in [5.74, 6) is -2.22. The van der Waals surface area contributed by atoms with Crippen LogP contribution in [0.1, 0.15) is 28.2 Å². The maximum absolute atomic E-state index is 11.8. The first-order valence-electron chi connectivity index (χ1n) is 5.46. The van der Waals surface area contributed by atoms with Crippen LogP contribution in [0.15, 0.2) is 5.51 Å². The number of aromatic nitrogens is 1. The number of carboxylic acids is 1. The molecule has 1 heterocycles. The fraction of sp³-hybridized carbons (Fsp3) is 0.455. The number of aryl methyl sites for hydroxylation is 1. The quantitative estimate of drug-likeness (QED) is 0.741. The van der Waals surface area contributed by atoms with E-state index in [2.05, 4.69) is 15.0 Å². The number of aliphatic carboxylic acids is 1. The van der Waals surface area contributed by atoms with Gasteiger partial charge >= 0.3 is 11.9 Å². The largest absolute Gasteiger partial charge is 0.480 e. The molecule has 0 aliphatic rings. The smallest absolute Gasteiger partial charge is 0.326 e. The Morgan fingerprint density at radius 3 is 2.68 bits per heavy atom. The first-order chi connectivity index (χ1) is 8.95. The maximum atomic E-state index is 11.8. The van der Waals surface area contributed by atoms with Crippen molar-refractivity contribution in [3.63, 3.8) is 0 Å². The van der Waals surface area contributed by atoms with Crippen molar-refractivity contribution in [2.45, 2.75) is 25.8 Å². The van der Waals surface area contributed by atoms with Crippen LogP contribution >= 0.6 is 11.3 Å². The number of ether oxygens (including phenoxy) is 1. The molecule has 0 radical (unpaired) electrons. The van der Waals surface area contributed by atoms with Gasteiger partial charge in [-0.1, -0.05) is 0 Å². The summed E-state index contributed by atoms with van der Waals surface area (Å²) in [6, 6.07) is -1.13. The monoisotopic (exact) mass is 286 g/mol. The zero-order chi connectivity index (χ0) is 14.4. The van der Waals surface area contributed by atoms with E-state index >= 15 is 0 Å². The van der Waals surface area contributed by atoms with Gasteiger partial charge in [0.05, 0.1) is 18.3 Å². The van der Waals surface area contributed by atoms with E-state index in [9.17, 15) is 14.4 Å². The lowest BCUT2D eigenvalue weighted by atomic mass is 10.1. The summed E-state index contributed by atoms with van der Waals surface area (Å²) in [5.41, 5.74) is 2.05. The van der Waals surface area contributed by atoms with E-state index in [-0.39, 0.29) is 12.8 Å². The van der Waals surface area contributed by atoms with Gasteiger partial charge in [-0.15, -0.1) is 11.3 Å². The Hall–Kier alpha value is -1.96. The van der Waals surface area contributed by atoms with Crippen LogP contribution in [-0.2, 0) is 14.3 Å². The van der Waals surface area contributed by atoms with Crippen LogP contribution in [-0.4, -0.2) is 41.1 Å². The normalized spacial score (nSPS) is 11.7. The topological polar surface area (TPSA) is 106 Å². The van der Waals surface area contributed by atoms with Gasteiger partial charge in [0, 0.05) is 6.42 Å². The molecule has 0 bridgehead atoms. The number of nitrogens with one attached hydrogen (secondary N) is 1. The van der Waals surface area contributed by atoms with Gasteiger partial charge in [-0.25, -0.2) is 9.78 Å². The summed E-state index contributed by atoms with van der Waals surface area (Å²) in [6.45, 7) is 1.66. The summed E-state index contributed by atoms with van der Waals surface area (Å²) in [4.78, 5) is 38.1. The number of carbonyl (C=O) groups excluding carboxylic acids is 2. The van der Waals surface area contributed by atoms with Gasteiger partial charge < -0.3 is 15.2 Å². The van der Waals surface area contributed by atoms with Crippen molar-refractivity contribution in [2.75, 3.05) is 7.11 Å². The van der Waals surface area contributed by atoms with E-state index in [1.807, 2.05) is 0 Å². The van der Waals surface area contributed by atoms with E-state index in [0.29, 0.717) is 10.6 Å². The van der Waals surface area contributed by atoms with Crippen molar-refractivity contribution in [2.24, 2.45) is 0 Å². The molecule has 1 aromatic rings. The molecule has 8 heteroatoms. The fourth-order valence-electron chi connectivity index (χ4n) is 1.37. The lowest BCUT2D eigenvalue weighted by molar-refractivity contribution is -0.142. The second-order valence-electron chi connectivity index (χ2n) is 3.75. The molecule has 1 aromatic heterocycles. The SMILES string of the molecule is COC(=O)CC[C@@H](NC(=O)c1scnc1C)C(=O)O. The Morgan fingerprint density at radius 2 is 2.21 bits per heavy atom. The predicted octanol–water partition coefficient (Wildman–Crippen LogP) is 0.588. The van der Waals surface area contributed by atoms with Crippen LogP contribution < -0.4 is 5.32 Å². The average molecular weight is 286 g/mol. The van der Waals surface area contributed by atoms with E-state index in [1.54, 1.807) is 6.92 Å². The molecule has 7 nitrogen and oxygen atoms in total. The Kier molecular flexibility index (Phi) is 5.43. The molecular weight excluding hydrogens is 272 g/mol. The van der Waals surface area contributed by atoms with Crippen molar-refractivity contribution in [3.05, 3.63) is 16.1 Å². The summed E-state index contributed by atoms with van der Waals surface area (Å²) in [7, 11) is 1.22. The number of hydrogen-bond donors (Lipinski definition) is 2. The number of thiazole rings is 1. The predicted molar refractivity (Wildman–Crippen MR) is 67.0 cm³/mol. The van der Waals surface area contributed by atoms with Crippen LogP contribution in [0.5, 0.6) is 0 Å².